The summed E-state index contributed by atoms with van der Waals surface area (Å²) in [5, 5.41) is -0.292. The van der Waals surface area contributed by atoms with Gasteiger partial charge in [-0.2, -0.15) is 0 Å². The molecule has 5 rings (SSSR count). The topological polar surface area (TPSA) is 45.6 Å². The van der Waals surface area contributed by atoms with E-state index < -0.39 is 11.4 Å². The Hall–Kier alpha value is -3.54. The van der Waals surface area contributed by atoms with Gasteiger partial charge in [0.15, 0.2) is 0 Å². The first kappa shape index (κ1) is 25.1. The molecule has 2 heterocycles. The summed E-state index contributed by atoms with van der Waals surface area (Å²) in [4.78, 5) is 31.0. The Morgan fingerprint density at radius 3 is 2.30 bits per heavy atom. The third kappa shape index (κ3) is 4.77. The molecular formula is C30H27Cl2N3O2. The van der Waals surface area contributed by atoms with Crippen LogP contribution in [0.25, 0.3) is 5.69 Å². The lowest BCUT2D eigenvalue weighted by atomic mass is 9.97. The largest absolute Gasteiger partial charge is 0.329 e. The number of benzene rings is 3. The van der Waals surface area contributed by atoms with Gasteiger partial charge in [0, 0.05) is 17.3 Å². The smallest absolute Gasteiger partial charge is 0.247 e. The number of nitrogens with zero attached hydrogens (tertiary/aromatic N) is 3. The molecule has 2 amide bonds. The van der Waals surface area contributed by atoms with Crippen LogP contribution in [-0.4, -0.2) is 33.9 Å². The van der Waals surface area contributed by atoms with Crippen molar-refractivity contribution in [2.24, 2.45) is 0 Å². The van der Waals surface area contributed by atoms with Gasteiger partial charge < -0.3 is 9.47 Å². The molecule has 0 aliphatic carbocycles. The van der Waals surface area contributed by atoms with Crippen LogP contribution in [0.4, 0.5) is 5.69 Å². The fourth-order valence-electron chi connectivity index (χ4n) is 4.90. The monoisotopic (exact) mass is 531 g/mol. The highest BCUT2D eigenvalue weighted by Gasteiger charge is 2.38. The third-order valence-corrected chi connectivity index (χ3v) is 7.35. The van der Waals surface area contributed by atoms with Gasteiger partial charge in [0.2, 0.25) is 11.8 Å². The number of aromatic nitrogens is 1. The molecule has 0 saturated heterocycles. The molecule has 4 aromatic rings. The van der Waals surface area contributed by atoms with E-state index in [1.165, 1.54) is 0 Å². The van der Waals surface area contributed by atoms with Crippen molar-refractivity contribution >= 4 is 40.7 Å². The van der Waals surface area contributed by atoms with Gasteiger partial charge in [-0.3, -0.25) is 14.5 Å². The van der Waals surface area contributed by atoms with E-state index in [2.05, 4.69) is 4.57 Å². The molecule has 0 bridgehead atoms. The summed E-state index contributed by atoms with van der Waals surface area (Å²) in [7, 11) is 0. The summed E-state index contributed by atoms with van der Waals surface area (Å²) >= 11 is 13.0. The molecule has 5 nitrogen and oxygen atoms in total. The first-order valence-corrected chi connectivity index (χ1v) is 13.0. The lowest BCUT2D eigenvalue weighted by Crippen LogP contribution is -2.49. The summed E-state index contributed by atoms with van der Waals surface area (Å²) in [5.74, 6) is -0.506. The van der Waals surface area contributed by atoms with Gasteiger partial charge in [-0.05, 0) is 61.4 Å². The van der Waals surface area contributed by atoms with Crippen LogP contribution in [0.5, 0.6) is 0 Å². The Kier molecular flexibility index (Phi) is 7.09. The zero-order chi connectivity index (χ0) is 26.1. The summed E-state index contributed by atoms with van der Waals surface area (Å²) in [5.41, 5.74) is 4.19. The minimum absolute atomic E-state index is 0.112. The zero-order valence-electron chi connectivity index (χ0n) is 20.6. The van der Waals surface area contributed by atoms with E-state index in [1.54, 1.807) is 9.80 Å². The van der Waals surface area contributed by atoms with Crippen LogP contribution < -0.4 is 4.90 Å². The number of fused-ring (bicyclic) bond motifs is 3. The highest BCUT2D eigenvalue weighted by Crippen LogP contribution is 2.42. The van der Waals surface area contributed by atoms with E-state index in [9.17, 15) is 9.59 Å². The number of carbonyl (C=O) groups is 2. The molecule has 0 saturated carbocycles. The molecule has 1 aromatic heterocycles. The highest BCUT2D eigenvalue weighted by atomic mass is 35.5. The molecular weight excluding hydrogens is 505 g/mol. The molecule has 0 spiro atoms. The fraction of sp³-hybridized carbons (Fsp3) is 0.200. The van der Waals surface area contributed by atoms with Crippen molar-refractivity contribution in [3.8, 4) is 5.69 Å². The van der Waals surface area contributed by atoms with Gasteiger partial charge in [-0.25, -0.2) is 0 Å². The maximum atomic E-state index is 14.2. The molecule has 7 heteroatoms. The normalized spacial score (nSPS) is 15.2. The van der Waals surface area contributed by atoms with Crippen molar-refractivity contribution in [2.75, 3.05) is 11.4 Å². The van der Waals surface area contributed by atoms with E-state index in [1.807, 2.05) is 111 Å². The van der Waals surface area contributed by atoms with E-state index in [-0.39, 0.29) is 24.4 Å². The van der Waals surface area contributed by atoms with Crippen molar-refractivity contribution in [2.45, 2.75) is 31.3 Å². The standard InChI is InChI=1S/C30H27Cl2N3O2/c1-20(2)34(30(37)28(32)21-10-4-3-5-11-21)19-27(36)35-25-15-7-6-14-24(25)33-17-9-16-26(33)29(35)22-12-8-13-23(31)18-22/h3-18,20,28-29H,19H2,1-2H3. The second kappa shape index (κ2) is 10.4. The average Bonchev–Trinajstić information content (AvgIpc) is 3.40. The second-order valence-electron chi connectivity index (χ2n) is 9.35. The predicted molar refractivity (Wildman–Crippen MR) is 148 cm³/mol. The first-order valence-electron chi connectivity index (χ1n) is 12.2. The number of alkyl halides is 1. The van der Waals surface area contributed by atoms with Crippen LogP contribution >= 0.6 is 23.2 Å². The Morgan fingerprint density at radius 2 is 1.59 bits per heavy atom. The molecule has 0 fully saturated rings. The molecule has 3 aromatic carbocycles. The highest BCUT2D eigenvalue weighted by molar-refractivity contribution is 6.31. The van der Waals surface area contributed by atoms with Gasteiger partial charge in [-0.1, -0.05) is 66.2 Å². The minimum atomic E-state index is -0.883. The van der Waals surface area contributed by atoms with Crippen LogP contribution in [0.2, 0.25) is 5.02 Å². The van der Waals surface area contributed by atoms with E-state index in [0.29, 0.717) is 10.6 Å². The quantitative estimate of drug-likeness (QED) is 0.257. The number of carbonyl (C=O) groups excluding carboxylic acids is 2. The lowest BCUT2D eigenvalue weighted by molar-refractivity contribution is -0.136. The van der Waals surface area contributed by atoms with Gasteiger partial charge in [0.05, 0.1) is 17.1 Å². The number of amides is 2. The Balaban J connectivity index is 1.55. The van der Waals surface area contributed by atoms with Gasteiger partial charge in [0.25, 0.3) is 0 Å². The number of halogens is 2. The summed E-state index contributed by atoms with van der Waals surface area (Å²) in [6.07, 6.45) is 2.00. The lowest BCUT2D eigenvalue weighted by Gasteiger charge is -2.40. The number of anilines is 1. The minimum Gasteiger partial charge on any atom is -0.329 e. The van der Waals surface area contributed by atoms with E-state index >= 15 is 0 Å². The van der Waals surface area contributed by atoms with Crippen LogP contribution in [0.1, 0.15) is 42.1 Å². The van der Waals surface area contributed by atoms with Crippen molar-refractivity contribution in [3.05, 3.63) is 119 Å². The summed E-state index contributed by atoms with van der Waals surface area (Å²) in [6, 6.07) is 27.9. The Labute approximate surface area is 226 Å². The van der Waals surface area contributed by atoms with Gasteiger partial charge >= 0.3 is 0 Å². The molecule has 0 N–H and O–H groups in total. The Morgan fingerprint density at radius 1 is 0.892 bits per heavy atom. The van der Waals surface area contributed by atoms with Crippen molar-refractivity contribution < 1.29 is 9.59 Å². The number of rotatable bonds is 6. The van der Waals surface area contributed by atoms with Crippen molar-refractivity contribution in [3.63, 3.8) is 0 Å². The zero-order valence-corrected chi connectivity index (χ0v) is 22.1. The SMILES string of the molecule is CC(C)N(CC(=O)N1c2ccccc2-n2cccc2C1c1cccc(Cl)c1)C(=O)C(Cl)c1ccccc1. The predicted octanol–water partition coefficient (Wildman–Crippen LogP) is 6.78. The molecule has 37 heavy (non-hydrogen) atoms. The second-order valence-corrected chi connectivity index (χ2v) is 10.2. The number of para-hydroxylation sites is 2. The van der Waals surface area contributed by atoms with Crippen LogP contribution in [-0.2, 0) is 9.59 Å². The van der Waals surface area contributed by atoms with E-state index in [0.717, 1.165) is 22.6 Å². The molecule has 2 atom stereocenters. The van der Waals surface area contributed by atoms with Gasteiger partial charge in [0.1, 0.15) is 18.0 Å². The van der Waals surface area contributed by atoms with Crippen LogP contribution in [0.15, 0.2) is 97.2 Å². The molecule has 1 aliphatic rings. The van der Waals surface area contributed by atoms with Crippen LogP contribution in [0.3, 0.4) is 0 Å². The fourth-order valence-corrected chi connectivity index (χ4v) is 5.37. The van der Waals surface area contributed by atoms with Crippen LogP contribution in [0, 0.1) is 0 Å². The molecule has 1 aliphatic heterocycles. The third-order valence-electron chi connectivity index (χ3n) is 6.67. The Bertz CT molecular complexity index is 1430. The molecule has 188 valence electrons. The summed E-state index contributed by atoms with van der Waals surface area (Å²) in [6.45, 7) is 3.67. The molecule has 0 radical (unpaired) electrons. The maximum Gasteiger partial charge on any atom is 0.247 e. The van der Waals surface area contributed by atoms with Crippen molar-refractivity contribution in [1.29, 1.82) is 0 Å². The number of hydrogen-bond donors (Lipinski definition) is 0. The maximum absolute atomic E-state index is 14.2. The van der Waals surface area contributed by atoms with Crippen molar-refractivity contribution in [1.82, 2.24) is 9.47 Å². The molecule has 2 unspecified atom stereocenters. The summed E-state index contributed by atoms with van der Waals surface area (Å²) < 4.78 is 2.10. The number of hydrogen-bond acceptors (Lipinski definition) is 2. The van der Waals surface area contributed by atoms with Gasteiger partial charge in [-0.15, -0.1) is 11.6 Å². The first-order chi connectivity index (χ1) is 17.9. The average molecular weight is 532 g/mol. The van der Waals surface area contributed by atoms with E-state index in [4.69, 9.17) is 23.2 Å².